The minimum Gasteiger partial charge on any atom is -0.465 e. The van der Waals surface area contributed by atoms with Crippen LogP contribution in [0.2, 0.25) is 5.02 Å². The van der Waals surface area contributed by atoms with Crippen molar-refractivity contribution in [3.8, 4) is 11.1 Å². The lowest BCUT2D eigenvalue weighted by atomic mass is 9.77. The van der Waals surface area contributed by atoms with Gasteiger partial charge in [0.15, 0.2) is 0 Å². The van der Waals surface area contributed by atoms with Crippen molar-refractivity contribution in [2.45, 2.75) is 51.6 Å². The fourth-order valence-electron chi connectivity index (χ4n) is 6.81. The molecule has 0 radical (unpaired) electrons. The first-order valence-electron chi connectivity index (χ1n) is 14.3. The Morgan fingerprint density at radius 3 is 2.26 bits per heavy atom. The van der Waals surface area contributed by atoms with E-state index in [1.807, 2.05) is 51.1 Å². The number of alkyl carbamates (subject to hydrolysis) is 1. The van der Waals surface area contributed by atoms with Gasteiger partial charge >= 0.3 is 12.2 Å². The number of nitrogens with zero attached hydrogens (tertiary/aromatic N) is 2. The van der Waals surface area contributed by atoms with Crippen LogP contribution in [0.5, 0.6) is 0 Å². The van der Waals surface area contributed by atoms with Crippen LogP contribution < -0.4 is 10.2 Å². The average Bonchev–Trinajstić information content (AvgIpc) is 3.47. The molecule has 2 N–H and O–H groups in total. The molecule has 1 aliphatic carbocycles. The van der Waals surface area contributed by atoms with Gasteiger partial charge in [0.05, 0.1) is 16.8 Å². The van der Waals surface area contributed by atoms with Crippen LogP contribution in [0.25, 0.3) is 11.1 Å². The van der Waals surface area contributed by atoms with Crippen molar-refractivity contribution in [3.05, 3.63) is 87.9 Å². The van der Waals surface area contributed by atoms with Gasteiger partial charge in [0.2, 0.25) is 5.91 Å². The van der Waals surface area contributed by atoms with Gasteiger partial charge in [0, 0.05) is 19.0 Å². The number of carbonyl (C=O) groups excluding carboxylic acids is 2. The van der Waals surface area contributed by atoms with E-state index in [0.717, 1.165) is 33.4 Å². The number of fused-ring (bicyclic) bond motifs is 4. The van der Waals surface area contributed by atoms with E-state index in [4.69, 9.17) is 16.3 Å². The van der Waals surface area contributed by atoms with Gasteiger partial charge < -0.3 is 25.0 Å². The first-order valence-corrected chi connectivity index (χ1v) is 14.7. The van der Waals surface area contributed by atoms with E-state index in [9.17, 15) is 19.5 Å². The Kier molecular flexibility index (Phi) is 7.13. The molecule has 3 aromatic rings. The maximum absolute atomic E-state index is 13.4. The molecular formula is C33H34ClN3O5. The quantitative estimate of drug-likeness (QED) is 0.358. The maximum Gasteiger partial charge on any atom is 0.407 e. The number of carboxylic acid groups (broad SMARTS) is 1. The zero-order valence-corrected chi connectivity index (χ0v) is 24.6. The topological polar surface area (TPSA) is 99.2 Å². The molecule has 9 heteroatoms. The lowest BCUT2D eigenvalue weighted by Gasteiger charge is -2.43. The fraction of sp³-hybridized carbons (Fsp3) is 0.364. The summed E-state index contributed by atoms with van der Waals surface area (Å²) in [5, 5.41) is 13.0. The molecule has 1 unspecified atom stereocenters. The van der Waals surface area contributed by atoms with Crippen molar-refractivity contribution in [3.63, 3.8) is 0 Å². The van der Waals surface area contributed by atoms with Crippen molar-refractivity contribution in [2.24, 2.45) is 5.41 Å². The first-order chi connectivity index (χ1) is 20.0. The van der Waals surface area contributed by atoms with E-state index in [0.29, 0.717) is 36.6 Å². The number of halogens is 1. The standard InChI is InChI=1S/C33H34ClN3O5/c1-33(2,3)29-24-17-26(34)28(16-19(24)12-14-37(29)32(40)41)36-15-13-27(30(36)38)35-31(39)42-18-25-22-10-6-4-8-20(22)21-9-5-7-11-23(21)25/h4-11,16-17,25,27,29H,12-15,18H2,1-3H3,(H,35,39)(H,40,41)/t27-,29?/m0/s1. The second kappa shape index (κ2) is 10.7. The molecule has 2 heterocycles. The normalized spacial score (nSPS) is 19.8. The summed E-state index contributed by atoms with van der Waals surface area (Å²) in [5.41, 5.74) is 6.62. The highest BCUT2D eigenvalue weighted by atomic mass is 35.5. The van der Waals surface area contributed by atoms with Gasteiger partial charge in [-0.25, -0.2) is 9.59 Å². The summed E-state index contributed by atoms with van der Waals surface area (Å²) >= 11 is 6.74. The minimum absolute atomic E-state index is 0.0674. The third kappa shape index (κ3) is 4.87. The summed E-state index contributed by atoms with van der Waals surface area (Å²) in [4.78, 5) is 41.3. The van der Waals surface area contributed by atoms with Gasteiger partial charge in [-0.05, 0) is 63.8 Å². The Labute approximate surface area is 250 Å². The second-order valence-electron chi connectivity index (χ2n) is 12.3. The van der Waals surface area contributed by atoms with Crippen molar-refractivity contribution in [1.29, 1.82) is 0 Å². The Morgan fingerprint density at radius 2 is 1.64 bits per heavy atom. The predicted molar refractivity (Wildman–Crippen MR) is 161 cm³/mol. The summed E-state index contributed by atoms with van der Waals surface area (Å²) in [6.07, 6.45) is -0.636. The Bertz CT molecular complexity index is 1540. The molecule has 2 aliphatic heterocycles. The number of hydrogen-bond acceptors (Lipinski definition) is 4. The van der Waals surface area contributed by atoms with Crippen molar-refractivity contribution in [2.75, 3.05) is 24.6 Å². The molecule has 3 amide bonds. The molecule has 0 bridgehead atoms. The van der Waals surface area contributed by atoms with E-state index in [-0.39, 0.29) is 29.9 Å². The molecule has 0 saturated carbocycles. The second-order valence-corrected chi connectivity index (χ2v) is 12.7. The van der Waals surface area contributed by atoms with Crippen molar-refractivity contribution < 1.29 is 24.2 Å². The summed E-state index contributed by atoms with van der Waals surface area (Å²) in [6.45, 7) is 6.96. The van der Waals surface area contributed by atoms with Crippen LogP contribution in [0.4, 0.5) is 15.3 Å². The van der Waals surface area contributed by atoms with Crippen LogP contribution in [0.1, 0.15) is 61.4 Å². The van der Waals surface area contributed by atoms with Crippen LogP contribution >= 0.6 is 11.6 Å². The molecule has 1 fully saturated rings. The Hall–Kier alpha value is -4.04. The lowest BCUT2D eigenvalue weighted by molar-refractivity contribution is -0.118. The van der Waals surface area contributed by atoms with Crippen molar-refractivity contribution >= 4 is 35.4 Å². The predicted octanol–water partition coefficient (Wildman–Crippen LogP) is 6.61. The number of rotatable bonds is 4. The van der Waals surface area contributed by atoms with Gasteiger partial charge in [-0.3, -0.25) is 4.79 Å². The molecule has 1 saturated heterocycles. The van der Waals surface area contributed by atoms with Gasteiger partial charge in [0.1, 0.15) is 12.6 Å². The number of hydrogen-bond donors (Lipinski definition) is 2. The molecule has 42 heavy (non-hydrogen) atoms. The van der Waals surface area contributed by atoms with Gasteiger partial charge in [-0.1, -0.05) is 80.9 Å². The zero-order valence-electron chi connectivity index (χ0n) is 23.9. The monoisotopic (exact) mass is 587 g/mol. The van der Waals surface area contributed by atoms with E-state index in [1.165, 1.54) is 4.90 Å². The fourth-order valence-corrected chi connectivity index (χ4v) is 7.09. The molecule has 0 aromatic heterocycles. The SMILES string of the molecule is CC(C)(C)C1c2cc(Cl)c(N3CC[C@H](NC(=O)OCC4c5ccccc5-c5ccccc54)C3=O)cc2CCN1C(=O)O. The van der Waals surface area contributed by atoms with Crippen LogP contribution in [-0.2, 0) is 16.0 Å². The number of benzene rings is 3. The van der Waals surface area contributed by atoms with E-state index < -0.39 is 18.2 Å². The van der Waals surface area contributed by atoms with E-state index in [1.54, 1.807) is 11.0 Å². The molecule has 0 spiro atoms. The van der Waals surface area contributed by atoms with E-state index >= 15 is 0 Å². The van der Waals surface area contributed by atoms with Crippen LogP contribution in [-0.4, -0.2) is 53.8 Å². The van der Waals surface area contributed by atoms with Gasteiger partial charge in [0.25, 0.3) is 0 Å². The van der Waals surface area contributed by atoms with Crippen LogP contribution in [0, 0.1) is 5.41 Å². The molecule has 218 valence electrons. The minimum atomic E-state index is -0.961. The molecule has 3 aliphatic rings. The summed E-state index contributed by atoms with van der Waals surface area (Å²) in [6, 6.07) is 18.9. The summed E-state index contributed by atoms with van der Waals surface area (Å²) < 4.78 is 5.66. The van der Waals surface area contributed by atoms with Gasteiger partial charge in [-0.15, -0.1) is 0 Å². The average molecular weight is 588 g/mol. The Balaban J connectivity index is 1.14. The number of amides is 3. The summed E-state index contributed by atoms with van der Waals surface area (Å²) in [7, 11) is 0. The highest BCUT2D eigenvalue weighted by molar-refractivity contribution is 6.34. The zero-order chi connectivity index (χ0) is 29.8. The number of ether oxygens (including phenoxy) is 1. The van der Waals surface area contributed by atoms with Crippen molar-refractivity contribution in [1.82, 2.24) is 10.2 Å². The maximum atomic E-state index is 13.4. The van der Waals surface area contributed by atoms with Gasteiger partial charge in [-0.2, -0.15) is 0 Å². The number of anilines is 1. The highest BCUT2D eigenvalue weighted by Gasteiger charge is 2.41. The number of nitrogens with one attached hydrogen (secondary N) is 1. The highest BCUT2D eigenvalue weighted by Crippen LogP contribution is 2.46. The molecule has 6 rings (SSSR count). The summed E-state index contributed by atoms with van der Waals surface area (Å²) in [5.74, 6) is -0.317. The molecular weight excluding hydrogens is 554 g/mol. The lowest BCUT2D eigenvalue weighted by Crippen LogP contribution is -2.45. The largest absolute Gasteiger partial charge is 0.465 e. The number of carbonyl (C=O) groups is 3. The first kappa shape index (κ1) is 28.1. The smallest absolute Gasteiger partial charge is 0.407 e. The molecule has 2 atom stereocenters. The third-order valence-electron chi connectivity index (χ3n) is 8.64. The van der Waals surface area contributed by atoms with Crippen LogP contribution in [0.3, 0.4) is 0 Å². The Morgan fingerprint density at radius 1 is 1.00 bits per heavy atom. The third-order valence-corrected chi connectivity index (χ3v) is 8.94. The van der Waals surface area contributed by atoms with E-state index in [2.05, 4.69) is 29.6 Å². The molecule has 3 aromatic carbocycles. The van der Waals surface area contributed by atoms with Crippen LogP contribution in [0.15, 0.2) is 60.7 Å². The molecule has 8 nitrogen and oxygen atoms in total.